The van der Waals surface area contributed by atoms with Gasteiger partial charge in [0.15, 0.2) is 11.6 Å². The summed E-state index contributed by atoms with van der Waals surface area (Å²) < 4.78 is 4.65. The number of hydrogen-bond donors (Lipinski definition) is 3. The lowest BCUT2D eigenvalue weighted by molar-refractivity contribution is 0.0599. The van der Waals surface area contributed by atoms with Crippen LogP contribution in [0.2, 0.25) is 0 Å². The highest BCUT2D eigenvalue weighted by Crippen LogP contribution is 2.15. The van der Waals surface area contributed by atoms with Crippen molar-refractivity contribution in [1.82, 2.24) is 9.97 Å². The van der Waals surface area contributed by atoms with E-state index in [4.69, 9.17) is 5.11 Å². The zero-order valence-corrected chi connectivity index (χ0v) is 21.3. The number of aromatic nitrogens is 2. The first-order valence-electron chi connectivity index (χ1n) is 11.3. The van der Waals surface area contributed by atoms with Crippen molar-refractivity contribution in [3.63, 3.8) is 0 Å². The molecule has 2 rings (SSSR count). The van der Waals surface area contributed by atoms with Crippen molar-refractivity contribution in [1.29, 1.82) is 0 Å². The van der Waals surface area contributed by atoms with Crippen LogP contribution in [0.1, 0.15) is 96.1 Å². The topological polar surface area (TPSA) is 148 Å². The fourth-order valence-electron chi connectivity index (χ4n) is 2.64. The van der Waals surface area contributed by atoms with Crippen molar-refractivity contribution in [3.8, 4) is 0 Å². The van der Waals surface area contributed by atoms with E-state index in [-0.39, 0.29) is 40.6 Å². The number of aromatic carboxylic acids is 1. The lowest BCUT2D eigenvalue weighted by Gasteiger charge is -2.13. The van der Waals surface area contributed by atoms with Crippen molar-refractivity contribution in [2.75, 3.05) is 17.7 Å². The zero-order chi connectivity index (χ0) is 26.7. The lowest BCUT2D eigenvalue weighted by atomic mass is 10.1. The van der Waals surface area contributed by atoms with Gasteiger partial charge in [0.05, 0.1) is 18.2 Å². The van der Waals surface area contributed by atoms with Gasteiger partial charge in [0, 0.05) is 25.9 Å². The van der Waals surface area contributed by atoms with Crippen molar-refractivity contribution in [3.05, 3.63) is 46.8 Å². The minimum Gasteiger partial charge on any atom is -0.478 e. The summed E-state index contributed by atoms with van der Waals surface area (Å²) in [5.74, 6) is -1.05. The molecule has 0 fully saturated rings. The van der Waals surface area contributed by atoms with Gasteiger partial charge in [-0.3, -0.25) is 9.59 Å². The number of anilines is 2. The molecule has 0 saturated carbocycles. The highest BCUT2D eigenvalue weighted by atomic mass is 16.5. The van der Waals surface area contributed by atoms with Crippen LogP contribution >= 0.6 is 0 Å². The van der Waals surface area contributed by atoms with Crippen LogP contribution in [0.4, 0.5) is 11.6 Å². The average molecular weight is 487 g/mol. The molecule has 0 radical (unpaired) electrons. The molecule has 0 aliphatic carbocycles. The van der Waals surface area contributed by atoms with Crippen molar-refractivity contribution < 1.29 is 29.0 Å². The van der Waals surface area contributed by atoms with Gasteiger partial charge in [-0.2, -0.15) is 0 Å². The fourth-order valence-corrected chi connectivity index (χ4v) is 2.64. The van der Waals surface area contributed by atoms with Crippen LogP contribution in [-0.2, 0) is 4.74 Å². The van der Waals surface area contributed by atoms with Gasteiger partial charge in [0.2, 0.25) is 0 Å². The average Bonchev–Trinajstić information content (AvgIpc) is 2.83. The third kappa shape index (κ3) is 9.52. The van der Waals surface area contributed by atoms with E-state index in [2.05, 4.69) is 25.3 Å². The highest BCUT2D eigenvalue weighted by Gasteiger charge is 2.14. The van der Waals surface area contributed by atoms with E-state index in [0.29, 0.717) is 17.2 Å². The van der Waals surface area contributed by atoms with Crippen LogP contribution in [-0.4, -0.2) is 57.8 Å². The molecule has 2 heterocycles. The second-order valence-electron chi connectivity index (χ2n) is 8.07. The molecule has 35 heavy (non-hydrogen) atoms. The van der Waals surface area contributed by atoms with Gasteiger partial charge in [-0.05, 0) is 51.0 Å². The Labute approximate surface area is 205 Å². The van der Waals surface area contributed by atoms with Gasteiger partial charge in [0.1, 0.15) is 23.0 Å². The highest BCUT2D eigenvalue weighted by molar-refractivity contribution is 5.97. The van der Waals surface area contributed by atoms with Crippen LogP contribution < -0.4 is 10.6 Å². The standard InChI is InChI=1S/C13H18N2O3.C12H16N2O3/c1-5-8(2)14-12-7-10(13(17)18-4)6-11(15-12)9(3)16;1-4-7(2)13-11-6-9(12(16)17)5-10(14-11)8(3)15/h6-8H,5H2,1-4H3,(H,14,15);5-7H,4H2,1-3H3,(H,13,14)(H,16,17)/t8-;7-/m00/s1. The maximum atomic E-state index is 11.5. The molecule has 3 N–H and O–H groups in total. The number of Topliss-reactive ketones (excluding diaryl/α,β-unsaturated/α-hetero) is 2. The predicted molar refractivity (Wildman–Crippen MR) is 134 cm³/mol. The Morgan fingerprint density at radius 2 is 1.23 bits per heavy atom. The molecule has 0 aliphatic rings. The molecule has 0 aliphatic heterocycles. The minimum absolute atomic E-state index is 0.0657. The van der Waals surface area contributed by atoms with E-state index in [0.717, 1.165) is 12.8 Å². The van der Waals surface area contributed by atoms with Gasteiger partial charge in [-0.15, -0.1) is 0 Å². The Kier molecular flexibility index (Phi) is 11.5. The number of hydrogen-bond acceptors (Lipinski definition) is 9. The van der Waals surface area contributed by atoms with Crippen LogP contribution in [0.25, 0.3) is 0 Å². The molecule has 2 atom stereocenters. The number of esters is 1. The Hall–Kier alpha value is -3.82. The Morgan fingerprint density at radius 1 is 0.829 bits per heavy atom. The number of nitrogens with zero attached hydrogens (tertiary/aromatic N) is 2. The first-order valence-corrected chi connectivity index (χ1v) is 11.3. The molecule has 0 bridgehead atoms. The Balaban J connectivity index is 0.000000351. The van der Waals surface area contributed by atoms with E-state index in [1.165, 1.54) is 39.2 Å². The lowest BCUT2D eigenvalue weighted by Crippen LogP contribution is -2.16. The molecular weight excluding hydrogens is 452 g/mol. The first-order chi connectivity index (χ1) is 16.4. The van der Waals surface area contributed by atoms with Crippen molar-refractivity contribution in [2.45, 2.75) is 66.5 Å². The number of methoxy groups -OCH3 is 1. The van der Waals surface area contributed by atoms with Gasteiger partial charge in [-0.25, -0.2) is 19.6 Å². The van der Waals surface area contributed by atoms with Crippen LogP contribution in [0.3, 0.4) is 0 Å². The molecule has 10 nitrogen and oxygen atoms in total. The number of carboxylic acids is 1. The second kappa shape index (κ2) is 13.8. The number of carbonyl (C=O) groups excluding carboxylic acids is 3. The summed E-state index contributed by atoms with van der Waals surface area (Å²) in [5, 5.41) is 15.1. The van der Waals surface area contributed by atoms with E-state index in [1.54, 1.807) is 6.07 Å². The maximum absolute atomic E-state index is 11.5. The van der Waals surface area contributed by atoms with Crippen molar-refractivity contribution >= 4 is 35.1 Å². The molecule has 0 spiro atoms. The van der Waals surface area contributed by atoms with E-state index >= 15 is 0 Å². The summed E-state index contributed by atoms with van der Waals surface area (Å²) in [6.45, 7) is 10.8. The summed E-state index contributed by atoms with van der Waals surface area (Å²) in [6.07, 6.45) is 1.80. The molecule has 0 aromatic carbocycles. The van der Waals surface area contributed by atoms with Crippen LogP contribution in [0.5, 0.6) is 0 Å². The number of ether oxygens (including phenoxy) is 1. The van der Waals surface area contributed by atoms with E-state index < -0.39 is 11.9 Å². The number of carboxylic acid groups (broad SMARTS) is 1. The summed E-state index contributed by atoms with van der Waals surface area (Å²) in [5.41, 5.74) is 0.805. The fraction of sp³-hybridized carbons (Fsp3) is 0.440. The summed E-state index contributed by atoms with van der Waals surface area (Å²) in [7, 11) is 1.30. The summed E-state index contributed by atoms with van der Waals surface area (Å²) in [4.78, 5) is 53.3. The predicted octanol–water partition coefficient (Wildman–Crippen LogP) is 4.47. The van der Waals surface area contributed by atoms with E-state index in [9.17, 15) is 19.2 Å². The molecule has 190 valence electrons. The summed E-state index contributed by atoms with van der Waals surface area (Å²) in [6, 6.07) is 6.13. The molecule has 0 unspecified atom stereocenters. The van der Waals surface area contributed by atoms with Gasteiger partial charge >= 0.3 is 11.9 Å². The second-order valence-corrected chi connectivity index (χ2v) is 8.07. The first kappa shape index (κ1) is 29.2. The number of carbonyl (C=O) groups is 4. The Morgan fingerprint density at radius 3 is 1.57 bits per heavy atom. The van der Waals surface area contributed by atoms with E-state index in [1.807, 2.05) is 27.7 Å². The molecule has 10 heteroatoms. The normalized spacial score (nSPS) is 11.9. The SMILES string of the molecule is CC[C@H](C)Nc1cc(C(=O)O)cc(C(C)=O)n1.CC[C@H](C)Nc1cc(C(=O)OC)cc(C(C)=O)n1. The smallest absolute Gasteiger partial charge is 0.338 e. The molecule has 0 amide bonds. The van der Waals surface area contributed by atoms with Crippen LogP contribution in [0.15, 0.2) is 24.3 Å². The van der Waals surface area contributed by atoms with Gasteiger partial charge in [-0.1, -0.05) is 13.8 Å². The van der Waals surface area contributed by atoms with Gasteiger partial charge < -0.3 is 20.5 Å². The van der Waals surface area contributed by atoms with Gasteiger partial charge in [0.25, 0.3) is 0 Å². The number of ketones is 2. The zero-order valence-electron chi connectivity index (χ0n) is 21.3. The van der Waals surface area contributed by atoms with Crippen LogP contribution in [0, 0.1) is 0 Å². The monoisotopic (exact) mass is 486 g/mol. The largest absolute Gasteiger partial charge is 0.478 e. The number of rotatable bonds is 10. The Bertz CT molecular complexity index is 1040. The third-order valence-corrected chi connectivity index (χ3v) is 5.05. The molecule has 2 aromatic rings. The number of nitrogens with one attached hydrogen (secondary N) is 2. The molecule has 2 aromatic heterocycles. The molecule has 0 saturated heterocycles. The maximum Gasteiger partial charge on any atom is 0.338 e. The third-order valence-electron chi connectivity index (χ3n) is 5.05. The van der Waals surface area contributed by atoms with Crippen molar-refractivity contribution in [2.24, 2.45) is 0 Å². The molecular formula is C25H34N4O6. The summed E-state index contributed by atoms with van der Waals surface area (Å²) >= 11 is 0. The quantitative estimate of drug-likeness (QED) is 0.324. The number of pyridine rings is 2. The minimum atomic E-state index is -1.07.